The van der Waals surface area contributed by atoms with Crippen molar-refractivity contribution < 1.29 is 30.0 Å². The number of aliphatic hydroxyl groups is 1. The van der Waals surface area contributed by atoms with Gasteiger partial charge >= 0.3 is 0 Å². The Morgan fingerprint density at radius 2 is 1.03 bits per heavy atom. The Bertz CT molecular complexity index is 2250. The third-order valence-electron chi connectivity index (χ3n) is 11.8. The molecule has 5 heteroatoms. The maximum atomic E-state index is 12.2. The fourth-order valence-electron chi connectivity index (χ4n) is 6.42. The van der Waals surface area contributed by atoms with Crippen LogP contribution in [-0.2, 0) is 36.7 Å². The number of pyridine rings is 2. The standard InChI is InChI=1S/C21H20N.C19H16N.C15H28O2.Ir/c1-21(2,3)19-12-13-22-20(15-19)18-11-7-10-17(14-18)16-8-5-4-6-9-16;1-2-15-11-12-20-19(13-15)18-10-6-9-17(14-18)16-7-4-3-5-8-16;1-7-14(5,8-2)12(16)11-13(17)15(6,9-3)10-4;/h4-10,12-15H,1-3H3;3-9,11-14H,2H2,1H3;11,16H,7-10H2,1-6H3;/q2*-1;;/b;;12-11-;. The topological polar surface area (TPSA) is 63.1 Å². The first-order valence-electron chi connectivity index (χ1n) is 21.2. The summed E-state index contributed by atoms with van der Waals surface area (Å²) in [6.07, 6.45) is 9.54. The molecule has 0 unspecified atom stereocenters. The Morgan fingerprint density at radius 3 is 1.47 bits per heavy atom. The Hall–Kier alpha value is -4.96. The normalized spacial score (nSPS) is 11.6. The quantitative estimate of drug-likeness (QED) is 0.0754. The van der Waals surface area contributed by atoms with Gasteiger partial charge in [-0.3, -0.25) is 4.79 Å². The summed E-state index contributed by atoms with van der Waals surface area (Å²) in [7, 11) is 0. The summed E-state index contributed by atoms with van der Waals surface area (Å²) in [6.45, 7) is 20.9. The fraction of sp³-hybridized carbons (Fsp3) is 0.327. The van der Waals surface area contributed by atoms with Gasteiger partial charge in [-0.15, -0.1) is 70.8 Å². The Kier molecular flexibility index (Phi) is 19.1. The van der Waals surface area contributed by atoms with E-state index in [4.69, 9.17) is 0 Å². The second-order valence-electron chi connectivity index (χ2n) is 16.7. The van der Waals surface area contributed by atoms with Crippen molar-refractivity contribution in [2.45, 2.75) is 107 Å². The van der Waals surface area contributed by atoms with Gasteiger partial charge < -0.3 is 15.1 Å². The molecule has 0 aliphatic heterocycles. The van der Waals surface area contributed by atoms with E-state index in [0.717, 1.165) is 54.6 Å². The van der Waals surface area contributed by atoms with Crippen LogP contribution in [0.5, 0.6) is 0 Å². The van der Waals surface area contributed by atoms with E-state index in [0.29, 0.717) is 0 Å². The van der Waals surface area contributed by atoms with E-state index in [1.165, 1.54) is 39.5 Å². The number of allylic oxidation sites excluding steroid dienone is 2. The van der Waals surface area contributed by atoms with Crippen molar-refractivity contribution in [2.75, 3.05) is 0 Å². The minimum absolute atomic E-state index is 0. The van der Waals surface area contributed by atoms with Crippen LogP contribution in [0.3, 0.4) is 0 Å². The van der Waals surface area contributed by atoms with E-state index in [-0.39, 0.29) is 47.9 Å². The van der Waals surface area contributed by atoms with Gasteiger partial charge in [0.05, 0.1) is 0 Å². The van der Waals surface area contributed by atoms with Gasteiger partial charge in [0.25, 0.3) is 0 Å². The van der Waals surface area contributed by atoms with Crippen LogP contribution in [0.15, 0.2) is 146 Å². The molecule has 1 radical (unpaired) electrons. The molecule has 0 fully saturated rings. The third-order valence-corrected chi connectivity index (χ3v) is 11.8. The number of benzene rings is 4. The molecule has 4 aromatic carbocycles. The molecule has 317 valence electrons. The van der Waals surface area contributed by atoms with Crippen LogP contribution in [0.4, 0.5) is 0 Å². The molecule has 0 saturated heterocycles. The number of carbonyl (C=O) groups is 1. The SMILES string of the molecule is CC(C)(C)c1ccnc(-c2[c-]ccc(-c3ccccc3)c2)c1.CCC(C)(CC)C(=O)/C=C(\O)C(C)(CC)CC.CCc1ccnc(-c2[c-]ccc(-c3ccccc3)c2)c1.[Ir]. The van der Waals surface area contributed by atoms with E-state index in [1.54, 1.807) is 0 Å². The number of hydrogen-bond acceptors (Lipinski definition) is 4. The maximum absolute atomic E-state index is 12.2. The van der Waals surface area contributed by atoms with Gasteiger partial charge in [0.2, 0.25) is 0 Å². The summed E-state index contributed by atoms with van der Waals surface area (Å²) >= 11 is 0. The number of ketones is 1. The minimum atomic E-state index is -0.337. The van der Waals surface area contributed by atoms with Crippen LogP contribution in [0.2, 0.25) is 0 Å². The van der Waals surface area contributed by atoms with Crippen molar-refractivity contribution in [3.8, 4) is 44.8 Å². The summed E-state index contributed by atoms with van der Waals surface area (Å²) in [4.78, 5) is 21.2. The summed E-state index contributed by atoms with van der Waals surface area (Å²) in [6, 6.07) is 48.3. The van der Waals surface area contributed by atoms with Crippen molar-refractivity contribution in [2.24, 2.45) is 10.8 Å². The first kappa shape index (κ1) is 49.4. The smallest absolute Gasteiger partial charge is 0.164 e. The molecule has 2 aromatic heterocycles. The van der Waals surface area contributed by atoms with Gasteiger partial charge in [-0.05, 0) is 77.7 Å². The summed E-state index contributed by atoms with van der Waals surface area (Å²) in [5.41, 5.74) is 11.0. The number of carbonyl (C=O) groups excluding carboxylic acids is 1. The number of aryl methyl sites for hydroxylation is 1. The molecule has 0 bridgehead atoms. The minimum Gasteiger partial charge on any atom is -0.512 e. The largest absolute Gasteiger partial charge is 0.512 e. The number of aliphatic hydroxyl groups excluding tert-OH is 1. The monoisotopic (exact) mass is 977 g/mol. The predicted octanol–water partition coefficient (Wildman–Crippen LogP) is 14.9. The third kappa shape index (κ3) is 13.5. The van der Waals surface area contributed by atoms with Gasteiger partial charge in [-0.2, -0.15) is 0 Å². The fourth-order valence-corrected chi connectivity index (χ4v) is 6.42. The summed E-state index contributed by atoms with van der Waals surface area (Å²) < 4.78 is 0. The van der Waals surface area contributed by atoms with E-state index in [2.05, 4.69) is 147 Å². The number of nitrogens with zero attached hydrogens (tertiary/aromatic N) is 2. The molecule has 0 aliphatic carbocycles. The first-order chi connectivity index (χ1) is 28.2. The van der Waals surface area contributed by atoms with Gasteiger partial charge in [0, 0.05) is 49.4 Å². The second kappa shape index (κ2) is 23.1. The van der Waals surface area contributed by atoms with Crippen LogP contribution in [0, 0.1) is 23.0 Å². The average molecular weight is 977 g/mol. The molecule has 6 aromatic rings. The maximum Gasteiger partial charge on any atom is 0.164 e. The van der Waals surface area contributed by atoms with E-state index >= 15 is 0 Å². The van der Waals surface area contributed by atoms with Crippen molar-refractivity contribution in [1.29, 1.82) is 0 Å². The van der Waals surface area contributed by atoms with Gasteiger partial charge in [0.1, 0.15) is 5.76 Å². The van der Waals surface area contributed by atoms with Crippen LogP contribution in [-0.4, -0.2) is 20.9 Å². The van der Waals surface area contributed by atoms with Gasteiger partial charge in [-0.25, -0.2) is 0 Å². The number of aromatic nitrogens is 2. The second-order valence-corrected chi connectivity index (χ2v) is 16.7. The predicted molar refractivity (Wildman–Crippen MR) is 249 cm³/mol. The van der Waals surface area contributed by atoms with Crippen LogP contribution in [0.1, 0.15) is 106 Å². The molecular formula is C55H64IrN2O2-2. The first-order valence-corrected chi connectivity index (χ1v) is 21.2. The molecule has 0 amide bonds. The zero-order valence-electron chi connectivity index (χ0n) is 37.4. The van der Waals surface area contributed by atoms with Gasteiger partial charge in [-0.1, -0.05) is 148 Å². The Balaban J connectivity index is 0.000000241. The van der Waals surface area contributed by atoms with E-state index in [1.807, 2.05) is 78.2 Å². The van der Waals surface area contributed by atoms with Crippen LogP contribution in [0.25, 0.3) is 44.8 Å². The van der Waals surface area contributed by atoms with Crippen molar-refractivity contribution >= 4 is 5.78 Å². The van der Waals surface area contributed by atoms with E-state index in [9.17, 15) is 9.90 Å². The molecule has 0 spiro atoms. The molecule has 0 saturated carbocycles. The average Bonchev–Trinajstić information content (AvgIpc) is 3.29. The van der Waals surface area contributed by atoms with Crippen LogP contribution >= 0.6 is 0 Å². The van der Waals surface area contributed by atoms with Crippen molar-refractivity contribution in [1.82, 2.24) is 9.97 Å². The number of hydrogen-bond donors (Lipinski definition) is 1. The molecular weight excluding hydrogens is 913 g/mol. The molecule has 1 N–H and O–H groups in total. The molecule has 2 heterocycles. The molecule has 6 rings (SSSR count). The van der Waals surface area contributed by atoms with Crippen molar-refractivity contribution in [3.05, 3.63) is 169 Å². The van der Waals surface area contributed by atoms with Crippen LogP contribution < -0.4 is 0 Å². The van der Waals surface area contributed by atoms with Gasteiger partial charge in [0.15, 0.2) is 5.78 Å². The molecule has 0 atom stereocenters. The summed E-state index contributed by atoms with van der Waals surface area (Å²) in [5, 5.41) is 10.1. The summed E-state index contributed by atoms with van der Waals surface area (Å²) in [5.74, 6) is 0.286. The number of rotatable bonds is 12. The molecule has 60 heavy (non-hydrogen) atoms. The van der Waals surface area contributed by atoms with E-state index < -0.39 is 0 Å². The zero-order valence-corrected chi connectivity index (χ0v) is 39.8. The van der Waals surface area contributed by atoms with Crippen molar-refractivity contribution in [3.63, 3.8) is 0 Å². The Labute approximate surface area is 375 Å². The molecule has 0 aliphatic rings. The Morgan fingerprint density at radius 1 is 0.583 bits per heavy atom. The molecule has 4 nitrogen and oxygen atoms in total. The zero-order chi connectivity index (χ0) is 43.1.